The number of nitrogens with one attached hydrogen (secondary N) is 1. The number of H-pyrrole nitrogens is 1. The molecule has 0 spiro atoms. The van der Waals surface area contributed by atoms with Crippen molar-refractivity contribution in [2.75, 3.05) is 24.7 Å². The molecule has 0 bridgehead atoms. The van der Waals surface area contributed by atoms with Crippen LogP contribution in [0.25, 0.3) is 22.3 Å². The van der Waals surface area contributed by atoms with E-state index in [4.69, 9.17) is 50.8 Å². The Bertz CT molecular complexity index is 1880. The van der Waals surface area contributed by atoms with Gasteiger partial charge in [-0.3, -0.25) is 23.4 Å². The summed E-state index contributed by atoms with van der Waals surface area (Å²) < 4.78 is 80.1. The molecule has 4 aromatic rings. The Labute approximate surface area is 249 Å². The van der Waals surface area contributed by atoms with Gasteiger partial charge < -0.3 is 30.4 Å². The SMILES string of the molecule is Nc1nc2c(ncn2[C@@H]2OC3CO[P+](=O)O[C@H]4[C@@H](F)[C@H](n5cnc6c(N)ncnc65)O[C@@H]4COP(O)(=S)O[C@H]3[C@H]2F)c(=O)[nH]1. The summed E-state index contributed by atoms with van der Waals surface area (Å²) in [5.74, 6) is -0.198. The van der Waals surface area contributed by atoms with Gasteiger partial charge >= 0.3 is 15.0 Å². The van der Waals surface area contributed by atoms with Gasteiger partial charge in [-0.2, -0.15) is 4.98 Å². The number of hydrogen-bond acceptors (Lipinski definition) is 16. The summed E-state index contributed by atoms with van der Waals surface area (Å²) in [4.78, 5) is 45.3. The summed E-state index contributed by atoms with van der Waals surface area (Å²) in [6.07, 6.45) is -9.30. The second kappa shape index (κ2) is 11.0. The van der Waals surface area contributed by atoms with Gasteiger partial charge in [0.25, 0.3) is 5.56 Å². The number of ether oxygens (including phenoxy) is 2. The van der Waals surface area contributed by atoms with Crippen molar-refractivity contribution >= 4 is 60.9 Å². The van der Waals surface area contributed by atoms with Gasteiger partial charge in [0.15, 0.2) is 53.5 Å². The molecule has 0 amide bonds. The van der Waals surface area contributed by atoms with Crippen molar-refractivity contribution in [1.29, 1.82) is 0 Å². The molecule has 3 unspecified atom stereocenters. The largest absolute Gasteiger partial charge is 0.697 e. The standard InChI is InChI=1S/C20H20F2N10O9P2S/c21-8-12-7(39-18(8)31-4-27-10-14(23)25-3-26-15(10)31)2-37-43(35,44)41-13-6(1-36-42(34)40-12)38-19(9(13)22)32-5-28-11-16(32)29-20(24)30-17(11)33/h3-9,12-13,18-19H,1-2H2,(H5-,23,24,25,26,29,30,33,35,44)/p+1/t6?,7-,8-,9-,12-,13-,18-,19-,43?/m1/s1. The number of alkyl halides is 2. The summed E-state index contributed by atoms with van der Waals surface area (Å²) in [5.41, 5.74) is 10.9. The van der Waals surface area contributed by atoms with Gasteiger partial charge in [-0.25, -0.2) is 28.7 Å². The molecule has 0 saturated carbocycles. The average molecular weight is 677 g/mol. The highest BCUT2D eigenvalue weighted by Crippen LogP contribution is 2.52. The van der Waals surface area contributed by atoms with E-state index in [1.807, 2.05) is 0 Å². The van der Waals surface area contributed by atoms with Gasteiger partial charge in [0, 0.05) is 4.57 Å². The molecular formula is C20H21F2N10O9P2S+. The van der Waals surface area contributed by atoms with Gasteiger partial charge in [-0.15, -0.1) is 9.05 Å². The third kappa shape index (κ3) is 5.06. The maximum atomic E-state index is 15.9. The molecular weight excluding hydrogens is 656 g/mol. The van der Waals surface area contributed by atoms with Crippen LogP contribution in [0.2, 0.25) is 0 Å². The Morgan fingerprint density at radius 3 is 2.41 bits per heavy atom. The smallest absolute Gasteiger partial charge is 0.382 e. The Kier molecular flexibility index (Phi) is 7.40. The van der Waals surface area contributed by atoms with E-state index in [1.165, 1.54) is 10.9 Å². The predicted molar refractivity (Wildman–Crippen MR) is 146 cm³/mol. The molecule has 10 atom stereocenters. The van der Waals surface area contributed by atoms with Gasteiger partial charge in [-0.1, -0.05) is 0 Å². The van der Waals surface area contributed by atoms with Crippen LogP contribution >= 0.6 is 15.0 Å². The highest BCUT2D eigenvalue weighted by atomic mass is 32.5. The van der Waals surface area contributed by atoms with Crippen LogP contribution < -0.4 is 17.0 Å². The Morgan fingerprint density at radius 1 is 1.00 bits per heavy atom. The fraction of sp³-hybridized carbons (Fsp3) is 0.500. The van der Waals surface area contributed by atoms with Gasteiger partial charge in [0.05, 0.1) is 19.3 Å². The fourth-order valence-electron chi connectivity index (χ4n) is 5.16. The van der Waals surface area contributed by atoms with E-state index < -0.39 is 83.0 Å². The van der Waals surface area contributed by atoms with E-state index in [0.29, 0.717) is 0 Å². The van der Waals surface area contributed by atoms with E-state index in [2.05, 4.69) is 29.9 Å². The number of aromatic amines is 1. The molecule has 3 aliphatic heterocycles. The lowest BCUT2D eigenvalue weighted by atomic mass is 10.1. The van der Waals surface area contributed by atoms with Crippen LogP contribution in [0.3, 0.4) is 0 Å². The molecule has 0 aliphatic carbocycles. The van der Waals surface area contributed by atoms with Crippen LogP contribution in [0, 0.1) is 0 Å². The number of fused-ring (bicyclic) bond motifs is 4. The van der Waals surface area contributed by atoms with E-state index in [-0.39, 0.29) is 34.1 Å². The molecule has 44 heavy (non-hydrogen) atoms. The minimum absolute atomic E-state index is 0.0549. The monoisotopic (exact) mass is 677 g/mol. The van der Waals surface area contributed by atoms with Crippen molar-refractivity contribution < 1.29 is 45.8 Å². The quantitative estimate of drug-likeness (QED) is 0.208. The van der Waals surface area contributed by atoms with E-state index in [0.717, 1.165) is 17.2 Å². The maximum absolute atomic E-state index is 15.9. The highest BCUT2D eigenvalue weighted by Gasteiger charge is 2.55. The predicted octanol–water partition coefficient (Wildman–Crippen LogP) is 0.286. The van der Waals surface area contributed by atoms with Crippen LogP contribution in [0.4, 0.5) is 20.5 Å². The number of imidazole rings is 2. The normalized spacial score (nSPS) is 35.8. The van der Waals surface area contributed by atoms with E-state index in [1.54, 1.807) is 0 Å². The number of aromatic nitrogens is 8. The summed E-state index contributed by atoms with van der Waals surface area (Å²) in [6.45, 7) is -5.49. The Morgan fingerprint density at radius 2 is 1.66 bits per heavy atom. The second-order valence-electron chi connectivity index (χ2n) is 9.80. The first-order valence-corrected chi connectivity index (χ1v) is 16.4. The van der Waals surface area contributed by atoms with Crippen molar-refractivity contribution in [3.8, 4) is 0 Å². The molecule has 3 fully saturated rings. The minimum atomic E-state index is -4.27. The Balaban J connectivity index is 1.15. The third-order valence-corrected chi connectivity index (χ3v) is 9.46. The number of hydrogen-bond donors (Lipinski definition) is 4. The lowest BCUT2D eigenvalue weighted by molar-refractivity contribution is -0.0558. The number of rotatable bonds is 2. The highest BCUT2D eigenvalue weighted by molar-refractivity contribution is 8.07. The lowest BCUT2D eigenvalue weighted by Crippen LogP contribution is -2.36. The zero-order chi connectivity index (χ0) is 30.9. The van der Waals surface area contributed by atoms with Gasteiger partial charge in [0.1, 0.15) is 36.8 Å². The molecule has 6 N–H and O–H groups in total. The first kappa shape index (κ1) is 29.5. The number of nitrogens with two attached hydrogens (primary N) is 2. The molecule has 234 valence electrons. The van der Waals surface area contributed by atoms with Gasteiger partial charge in [0.2, 0.25) is 5.95 Å². The van der Waals surface area contributed by atoms with Crippen LogP contribution in [0.1, 0.15) is 12.5 Å². The van der Waals surface area contributed by atoms with Crippen molar-refractivity contribution in [1.82, 2.24) is 39.0 Å². The van der Waals surface area contributed by atoms with Crippen molar-refractivity contribution in [2.24, 2.45) is 0 Å². The Hall–Kier alpha value is -3.17. The van der Waals surface area contributed by atoms with E-state index >= 15 is 8.78 Å². The summed E-state index contributed by atoms with van der Waals surface area (Å²) in [5, 5.41) is 0. The van der Waals surface area contributed by atoms with Gasteiger partial charge in [-0.05, 0) is 11.8 Å². The lowest BCUT2D eigenvalue weighted by Gasteiger charge is -2.25. The number of halogens is 2. The van der Waals surface area contributed by atoms with Crippen molar-refractivity contribution in [2.45, 2.75) is 49.2 Å². The van der Waals surface area contributed by atoms with Crippen molar-refractivity contribution in [3.05, 3.63) is 29.3 Å². The minimum Gasteiger partial charge on any atom is -0.382 e. The molecule has 7 heterocycles. The first-order valence-electron chi connectivity index (χ1n) is 12.7. The molecule has 0 radical (unpaired) electrons. The van der Waals surface area contributed by atoms with Crippen LogP contribution in [-0.2, 0) is 43.9 Å². The van der Waals surface area contributed by atoms with Crippen molar-refractivity contribution in [3.63, 3.8) is 0 Å². The molecule has 7 rings (SSSR count). The number of anilines is 2. The fourth-order valence-corrected chi connectivity index (χ4v) is 7.37. The molecule has 0 aromatic carbocycles. The number of nitrogen functional groups attached to an aromatic ring is 2. The molecule has 24 heteroatoms. The first-order chi connectivity index (χ1) is 21.0. The summed E-state index contributed by atoms with van der Waals surface area (Å²) >= 11 is 5.12. The zero-order valence-corrected chi connectivity index (χ0v) is 24.4. The van der Waals surface area contributed by atoms with Crippen LogP contribution in [-0.4, -0.2) is 93.9 Å². The van der Waals surface area contributed by atoms with E-state index in [9.17, 15) is 14.3 Å². The number of nitrogens with zero attached hydrogens (tertiary/aromatic N) is 7. The molecule has 19 nitrogen and oxygen atoms in total. The van der Waals surface area contributed by atoms with Crippen LogP contribution in [0.5, 0.6) is 0 Å². The second-order valence-corrected chi connectivity index (χ2v) is 13.5. The maximum Gasteiger partial charge on any atom is 0.697 e. The summed E-state index contributed by atoms with van der Waals surface area (Å²) in [6, 6.07) is 0. The summed E-state index contributed by atoms with van der Waals surface area (Å²) in [7, 11) is -3.04. The third-order valence-electron chi connectivity index (χ3n) is 7.13. The molecule has 3 aliphatic rings. The molecule has 4 aromatic heterocycles. The average Bonchev–Trinajstić information content (AvgIpc) is 3.72. The molecule has 3 saturated heterocycles. The zero-order valence-electron chi connectivity index (χ0n) is 21.8. The topological polar surface area (TPSA) is 252 Å². The van der Waals surface area contributed by atoms with Crippen LogP contribution in [0.15, 0.2) is 23.8 Å².